The Labute approximate surface area is 120 Å². The van der Waals surface area contributed by atoms with Crippen LogP contribution < -0.4 is 0 Å². The lowest BCUT2D eigenvalue weighted by Crippen LogP contribution is -2.38. The van der Waals surface area contributed by atoms with Gasteiger partial charge in [0.2, 0.25) is 5.91 Å². The average Bonchev–Trinajstić information content (AvgIpc) is 2.42. The molecule has 0 radical (unpaired) electrons. The lowest BCUT2D eigenvalue weighted by atomic mass is 10.1. The normalized spacial score (nSPS) is 12.5. The summed E-state index contributed by atoms with van der Waals surface area (Å²) >= 11 is 6.28. The van der Waals surface area contributed by atoms with E-state index in [-0.39, 0.29) is 5.91 Å². The summed E-state index contributed by atoms with van der Waals surface area (Å²) in [7, 11) is 1.63. The lowest BCUT2D eigenvalue weighted by Gasteiger charge is -2.26. The number of hydrogen-bond donors (Lipinski definition) is 0. The molecule has 0 bridgehead atoms. The second kappa shape index (κ2) is 8.18. The zero-order valence-electron chi connectivity index (χ0n) is 11.8. The lowest BCUT2D eigenvalue weighted by molar-refractivity contribution is -0.132. The number of halogens is 1. The largest absolute Gasteiger partial charge is 0.383 e. The van der Waals surface area contributed by atoms with Crippen molar-refractivity contribution >= 4 is 17.5 Å². The maximum atomic E-state index is 12.4. The van der Waals surface area contributed by atoms with Crippen molar-refractivity contribution in [3.63, 3.8) is 0 Å². The highest BCUT2D eigenvalue weighted by Gasteiger charge is 2.24. The topological polar surface area (TPSA) is 29.5 Å². The van der Waals surface area contributed by atoms with Crippen molar-refractivity contribution in [2.24, 2.45) is 5.92 Å². The number of ether oxygens (including phenoxy) is 1. The van der Waals surface area contributed by atoms with Crippen LogP contribution in [0, 0.1) is 5.92 Å². The van der Waals surface area contributed by atoms with E-state index >= 15 is 0 Å². The molecule has 0 saturated carbocycles. The molecule has 1 aromatic carbocycles. The molecule has 1 aromatic rings. The molecule has 0 aliphatic rings. The van der Waals surface area contributed by atoms with E-state index in [1.54, 1.807) is 12.0 Å². The van der Waals surface area contributed by atoms with Crippen LogP contribution in [0.4, 0.5) is 0 Å². The van der Waals surface area contributed by atoms with Gasteiger partial charge in [0, 0.05) is 20.2 Å². The molecule has 0 fully saturated rings. The van der Waals surface area contributed by atoms with Crippen LogP contribution in [0.2, 0.25) is 0 Å². The fourth-order valence-electron chi connectivity index (χ4n) is 1.86. The summed E-state index contributed by atoms with van der Waals surface area (Å²) < 4.78 is 5.05. The first kappa shape index (κ1) is 16.0. The Morgan fingerprint density at radius 3 is 2.47 bits per heavy atom. The maximum Gasteiger partial charge on any atom is 0.245 e. The number of benzene rings is 1. The van der Waals surface area contributed by atoms with Gasteiger partial charge in [0.05, 0.1) is 6.61 Å². The first-order valence-electron chi connectivity index (χ1n) is 6.53. The SMILES string of the molecule is COCCN(CC(C)C)C(=O)C(Cl)c1ccccc1. The number of alkyl halides is 1. The van der Waals surface area contributed by atoms with Crippen LogP contribution in [0.25, 0.3) is 0 Å². The molecule has 0 saturated heterocycles. The third-order valence-electron chi connectivity index (χ3n) is 2.77. The van der Waals surface area contributed by atoms with Crippen molar-refractivity contribution in [1.82, 2.24) is 4.90 Å². The van der Waals surface area contributed by atoms with Crippen molar-refractivity contribution in [2.45, 2.75) is 19.2 Å². The van der Waals surface area contributed by atoms with Gasteiger partial charge in [0.1, 0.15) is 5.38 Å². The first-order chi connectivity index (χ1) is 9.06. The van der Waals surface area contributed by atoms with Crippen molar-refractivity contribution in [2.75, 3.05) is 26.8 Å². The summed E-state index contributed by atoms with van der Waals surface area (Å²) in [5, 5.41) is -0.628. The zero-order chi connectivity index (χ0) is 14.3. The van der Waals surface area contributed by atoms with Gasteiger partial charge in [-0.15, -0.1) is 11.6 Å². The molecule has 0 aromatic heterocycles. The van der Waals surface area contributed by atoms with Gasteiger partial charge in [0.25, 0.3) is 0 Å². The molecule has 19 heavy (non-hydrogen) atoms. The molecule has 3 nitrogen and oxygen atoms in total. The predicted molar refractivity (Wildman–Crippen MR) is 78.3 cm³/mol. The molecule has 0 spiro atoms. The molecule has 1 unspecified atom stereocenters. The molecule has 0 N–H and O–H groups in total. The van der Waals surface area contributed by atoms with E-state index in [0.717, 1.165) is 5.56 Å². The molecular weight excluding hydrogens is 262 g/mol. The van der Waals surface area contributed by atoms with Crippen molar-refractivity contribution in [3.05, 3.63) is 35.9 Å². The third kappa shape index (κ3) is 5.21. The Bertz CT molecular complexity index is 381. The highest BCUT2D eigenvalue weighted by atomic mass is 35.5. The van der Waals surface area contributed by atoms with E-state index in [0.29, 0.717) is 25.6 Å². The molecule has 0 heterocycles. The van der Waals surface area contributed by atoms with Gasteiger partial charge < -0.3 is 9.64 Å². The smallest absolute Gasteiger partial charge is 0.245 e. The fraction of sp³-hybridized carbons (Fsp3) is 0.533. The fourth-order valence-corrected chi connectivity index (χ4v) is 2.14. The minimum Gasteiger partial charge on any atom is -0.383 e. The Morgan fingerprint density at radius 2 is 1.95 bits per heavy atom. The van der Waals surface area contributed by atoms with Crippen molar-refractivity contribution in [1.29, 1.82) is 0 Å². The van der Waals surface area contributed by atoms with Crippen LogP contribution in [0.15, 0.2) is 30.3 Å². The van der Waals surface area contributed by atoms with E-state index in [2.05, 4.69) is 13.8 Å². The minimum atomic E-state index is -0.628. The van der Waals surface area contributed by atoms with Crippen LogP contribution in [0.5, 0.6) is 0 Å². The number of carbonyl (C=O) groups excluding carboxylic acids is 1. The third-order valence-corrected chi connectivity index (χ3v) is 3.21. The number of hydrogen-bond acceptors (Lipinski definition) is 2. The predicted octanol–water partition coefficient (Wildman–Crippen LogP) is 3.10. The highest BCUT2D eigenvalue weighted by Crippen LogP contribution is 2.23. The maximum absolute atomic E-state index is 12.4. The molecule has 4 heteroatoms. The molecule has 1 amide bonds. The zero-order valence-corrected chi connectivity index (χ0v) is 12.6. The summed E-state index contributed by atoms with van der Waals surface area (Å²) in [4.78, 5) is 14.2. The summed E-state index contributed by atoms with van der Waals surface area (Å²) in [6.07, 6.45) is 0. The van der Waals surface area contributed by atoms with Crippen LogP contribution in [-0.4, -0.2) is 37.6 Å². The monoisotopic (exact) mass is 283 g/mol. The van der Waals surface area contributed by atoms with Gasteiger partial charge in [0.15, 0.2) is 0 Å². The molecule has 1 rings (SSSR count). The van der Waals surface area contributed by atoms with Crippen LogP contribution in [0.1, 0.15) is 24.8 Å². The number of rotatable bonds is 7. The summed E-state index contributed by atoms with van der Waals surface area (Å²) in [6, 6.07) is 9.44. The van der Waals surface area contributed by atoms with E-state index in [9.17, 15) is 4.79 Å². The van der Waals surface area contributed by atoms with Gasteiger partial charge in [-0.3, -0.25) is 4.79 Å². The Balaban J connectivity index is 2.74. The Morgan fingerprint density at radius 1 is 1.32 bits per heavy atom. The molecule has 1 atom stereocenters. The minimum absolute atomic E-state index is 0.0568. The van der Waals surface area contributed by atoms with E-state index < -0.39 is 5.38 Å². The van der Waals surface area contributed by atoms with E-state index in [1.165, 1.54) is 0 Å². The van der Waals surface area contributed by atoms with E-state index in [1.807, 2.05) is 30.3 Å². The second-order valence-electron chi connectivity index (χ2n) is 4.94. The second-order valence-corrected chi connectivity index (χ2v) is 5.38. The first-order valence-corrected chi connectivity index (χ1v) is 6.96. The molecule has 0 aliphatic heterocycles. The molecule has 106 valence electrons. The number of carbonyl (C=O) groups is 1. The highest BCUT2D eigenvalue weighted by molar-refractivity contribution is 6.30. The Hall–Kier alpha value is -1.06. The van der Waals surface area contributed by atoms with Crippen molar-refractivity contribution < 1.29 is 9.53 Å². The molecular formula is C15H22ClNO2. The van der Waals surface area contributed by atoms with Gasteiger partial charge in [-0.2, -0.15) is 0 Å². The van der Waals surface area contributed by atoms with E-state index in [4.69, 9.17) is 16.3 Å². The molecule has 0 aliphatic carbocycles. The van der Waals surface area contributed by atoms with Crippen molar-refractivity contribution in [3.8, 4) is 0 Å². The quantitative estimate of drug-likeness (QED) is 0.720. The summed E-state index contributed by atoms with van der Waals surface area (Å²) in [5.41, 5.74) is 0.834. The number of methoxy groups -OCH3 is 1. The van der Waals surface area contributed by atoms with Gasteiger partial charge in [-0.1, -0.05) is 44.2 Å². The average molecular weight is 284 g/mol. The summed E-state index contributed by atoms with van der Waals surface area (Å²) in [6.45, 7) is 5.95. The van der Waals surface area contributed by atoms with Gasteiger partial charge in [-0.05, 0) is 11.5 Å². The van der Waals surface area contributed by atoms with Gasteiger partial charge in [-0.25, -0.2) is 0 Å². The van der Waals surface area contributed by atoms with Crippen LogP contribution in [0.3, 0.4) is 0 Å². The Kier molecular flexibility index (Phi) is 6.89. The number of amides is 1. The van der Waals surface area contributed by atoms with Gasteiger partial charge >= 0.3 is 0 Å². The number of nitrogens with zero attached hydrogens (tertiary/aromatic N) is 1. The standard InChI is InChI=1S/C15H22ClNO2/c1-12(2)11-17(9-10-19-3)15(18)14(16)13-7-5-4-6-8-13/h4-8,12,14H,9-11H2,1-3H3. The summed E-state index contributed by atoms with van der Waals surface area (Å²) in [5.74, 6) is 0.346. The van der Waals surface area contributed by atoms with Crippen LogP contribution >= 0.6 is 11.6 Å². The van der Waals surface area contributed by atoms with Crippen LogP contribution in [-0.2, 0) is 9.53 Å².